The predicted octanol–water partition coefficient (Wildman–Crippen LogP) is 22.7. The van der Waals surface area contributed by atoms with Crippen LogP contribution in [0.25, 0.3) is 0 Å². The predicted molar refractivity (Wildman–Crippen MR) is 375 cm³/mol. The second kappa shape index (κ2) is 24.4. The van der Waals surface area contributed by atoms with Crippen LogP contribution in [0.4, 0.5) is 0 Å². The fraction of sp³-hybridized carbons (Fsp3) is 1.00. The first-order valence-electron chi connectivity index (χ1n) is 41.8. The Kier molecular flexibility index (Phi) is 17.5. The first-order valence-corrected chi connectivity index (χ1v) is 41.8. The van der Waals surface area contributed by atoms with Crippen LogP contribution in [0.15, 0.2) is 0 Å². The van der Waals surface area contributed by atoms with E-state index in [9.17, 15) is 0 Å². The van der Waals surface area contributed by atoms with E-state index in [2.05, 4.69) is 92.9 Å². The molecular formula is C85H143BN2O. The number of hydrogen-bond donors (Lipinski definition) is 0. The maximum Gasteiger partial charge on any atom is 0.159 e. The topological polar surface area (TPSA) is 15.7 Å². The third-order valence-corrected chi connectivity index (χ3v) is 34.5. The van der Waals surface area contributed by atoms with Gasteiger partial charge in [0.15, 0.2) is 6.71 Å². The van der Waals surface area contributed by atoms with Crippen LogP contribution in [-0.2, 0) is 4.74 Å². The average molecular weight is 1220 g/mol. The lowest BCUT2D eigenvalue weighted by atomic mass is 9.19. The Labute approximate surface area is 551 Å². The standard InChI is InChI=1S/C85H143BN2O/c1-82(2,3)50-51-42-74-80-76(43-51)89-75-44-56(61-37-32-55-28-20-30-63-62-29-19-26-54-27-21-31-64(77(54)62)79(61)78(55)63)33-38-70(75)86(80)69-39-36-60(87-71-40-34-57(83(4,5)6)45-67(71)68-46-58(84(7,8)9)35-41-72(68)87)49-73(69)88(74)81-65(52-22-15-13-16-23-52)47-59(85(10,11)12)48-66(81)53-24-17-14-18-25-53/h51-81H,13-50H2,1-12H3/t51?,54-,55?,56?,57+,58?,59?,60+,61?,62+,63?,64+,65?,66?,67?,68?,69-,70?,71-,72?,73?,74?,75-,76?,77?,78?,79?,80-,81?/m1/s1. The molecule has 0 aromatic carbocycles. The molecule has 0 bridgehead atoms. The highest BCUT2D eigenvalue weighted by atomic mass is 16.5. The van der Waals surface area contributed by atoms with Gasteiger partial charge in [0.1, 0.15) is 0 Å². The van der Waals surface area contributed by atoms with Crippen LogP contribution >= 0.6 is 0 Å². The second-order valence-electron chi connectivity index (χ2n) is 42.5. The molecule has 3 nitrogen and oxygen atoms in total. The van der Waals surface area contributed by atoms with E-state index < -0.39 is 0 Å². The molecule has 3 saturated heterocycles. The van der Waals surface area contributed by atoms with Crippen molar-refractivity contribution >= 4 is 6.71 Å². The molecule has 16 fully saturated rings. The Morgan fingerprint density at radius 2 is 0.854 bits per heavy atom. The van der Waals surface area contributed by atoms with Gasteiger partial charge in [-0.05, 0) is 279 Å². The summed E-state index contributed by atoms with van der Waals surface area (Å²) < 4.78 is 8.49. The fourth-order valence-electron chi connectivity index (χ4n) is 31.4. The molecule has 13 aliphatic carbocycles. The second-order valence-corrected chi connectivity index (χ2v) is 42.5. The van der Waals surface area contributed by atoms with E-state index >= 15 is 0 Å². The summed E-state index contributed by atoms with van der Waals surface area (Å²) in [4.78, 5) is 7.33. The number of likely N-dealkylation sites (tertiary alicyclic amines) is 1. The van der Waals surface area contributed by atoms with Gasteiger partial charge in [-0.1, -0.05) is 205 Å². The quantitative estimate of drug-likeness (QED) is 0.247. The number of hydrogen-bond acceptors (Lipinski definition) is 3. The summed E-state index contributed by atoms with van der Waals surface area (Å²) >= 11 is 0. The molecule has 16 rings (SSSR count). The van der Waals surface area contributed by atoms with Crippen molar-refractivity contribution in [2.75, 3.05) is 0 Å². The van der Waals surface area contributed by atoms with Crippen molar-refractivity contribution in [3.63, 3.8) is 0 Å². The lowest BCUT2D eigenvalue weighted by Crippen LogP contribution is -2.73. The first-order chi connectivity index (χ1) is 42.6. The van der Waals surface area contributed by atoms with Crippen LogP contribution in [0.2, 0.25) is 17.5 Å². The summed E-state index contributed by atoms with van der Waals surface area (Å²) in [5.74, 6) is 22.0. The van der Waals surface area contributed by atoms with E-state index in [0.717, 1.165) is 179 Å². The minimum absolute atomic E-state index is 0.355. The van der Waals surface area contributed by atoms with Gasteiger partial charge in [0.25, 0.3) is 0 Å². The van der Waals surface area contributed by atoms with Crippen molar-refractivity contribution in [2.24, 2.45) is 140 Å². The molecule has 0 aromatic rings. The Bertz CT molecular complexity index is 2340. The van der Waals surface area contributed by atoms with Crippen molar-refractivity contribution in [1.82, 2.24) is 9.80 Å². The molecule has 502 valence electrons. The maximum atomic E-state index is 8.49. The number of fused-ring (bicyclic) bond motifs is 9. The average Bonchev–Trinajstić information content (AvgIpc) is 0.869. The van der Waals surface area contributed by atoms with Crippen LogP contribution in [0.1, 0.15) is 327 Å². The fourth-order valence-corrected chi connectivity index (χ4v) is 31.4. The molecule has 27 atom stereocenters. The number of rotatable bonds is 6. The van der Waals surface area contributed by atoms with Gasteiger partial charge in [-0.25, -0.2) is 0 Å². The molecule has 0 radical (unpaired) electrons. The van der Waals surface area contributed by atoms with Crippen molar-refractivity contribution < 1.29 is 4.74 Å². The van der Waals surface area contributed by atoms with Gasteiger partial charge < -0.3 is 4.74 Å². The molecule has 13 saturated carbocycles. The smallest absolute Gasteiger partial charge is 0.159 e. The summed E-state index contributed by atoms with van der Waals surface area (Å²) in [5.41, 5.74) is 1.59. The number of ether oxygens (including phenoxy) is 1. The monoisotopic (exact) mass is 1220 g/mol. The summed E-state index contributed by atoms with van der Waals surface area (Å²) in [5, 5.41) is 0. The summed E-state index contributed by atoms with van der Waals surface area (Å²) in [7, 11) is 0. The van der Waals surface area contributed by atoms with Crippen LogP contribution < -0.4 is 0 Å². The van der Waals surface area contributed by atoms with Gasteiger partial charge in [0.05, 0.1) is 12.2 Å². The summed E-state index contributed by atoms with van der Waals surface area (Å²) in [6.45, 7) is 32.7. The normalized spacial score (nSPS) is 51.0. The maximum absolute atomic E-state index is 8.49. The van der Waals surface area contributed by atoms with E-state index in [0.29, 0.717) is 33.9 Å². The van der Waals surface area contributed by atoms with Gasteiger partial charge in [-0.2, -0.15) is 0 Å². The highest BCUT2D eigenvalue weighted by Crippen LogP contribution is 2.71. The number of nitrogens with zero attached hydrogens (tertiary/aromatic N) is 2. The zero-order chi connectivity index (χ0) is 61.2. The molecule has 0 spiro atoms. The van der Waals surface area contributed by atoms with Gasteiger partial charge in [-0.15, -0.1) is 0 Å². The Morgan fingerprint density at radius 3 is 1.44 bits per heavy atom. The van der Waals surface area contributed by atoms with E-state index in [1.807, 2.05) is 0 Å². The lowest BCUT2D eigenvalue weighted by Gasteiger charge is -2.69. The highest BCUT2D eigenvalue weighted by Gasteiger charge is 2.68. The SMILES string of the molecule is CC(C)(C)CC1CC2O[C@@H]3CC(C4CCC5CCCC6C5C4[C@H]4CCC[C@H]5CCC[C@@H]6C54)CCC3B3[C@@H]2C(C1)N(C1C(C2CCCCC2)CC(C(C)(C)C)CC1C1CCCCC1)C1C[C@@H](N2C4CCC(C(C)(C)C)CC4C4C[C@@H](C(C)(C)C)CC[C@H]42)CC[C@@H]31. The molecule has 16 aliphatic rings. The molecule has 0 N–H and O–H groups in total. The molecule has 0 amide bonds. The third-order valence-electron chi connectivity index (χ3n) is 34.5. The van der Waals surface area contributed by atoms with Crippen LogP contribution in [0.5, 0.6) is 0 Å². The zero-order valence-electron chi connectivity index (χ0n) is 60.6. The van der Waals surface area contributed by atoms with Gasteiger partial charge in [-0.3, -0.25) is 9.80 Å². The summed E-state index contributed by atoms with van der Waals surface area (Å²) in [6, 6.07) is 4.76. The van der Waals surface area contributed by atoms with Gasteiger partial charge in [0.2, 0.25) is 0 Å². The first kappa shape index (κ1) is 63.7. The van der Waals surface area contributed by atoms with E-state index in [1.165, 1.54) is 161 Å². The van der Waals surface area contributed by atoms with Crippen molar-refractivity contribution in [3.05, 3.63) is 0 Å². The van der Waals surface area contributed by atoms with E-state index in [-0.39, 0.29) is 0 Å². The van der Waals surface area contributed by atoms with Crippen molar-refractivity contribution in [3.8, 4) is 0 Å². The van der Waals surface area contributed by atoms with Gasteiger partial charge >= 0.3 is 0 Å². The minimum Gasteiger partial charge on any atom is -0.376 e. The third kappa shape index (κ3) is 11.5. The Balaban J connectivity index is 0.792. The molecule has 4 heteroatoms. The largest absolute Gasteiger partial charge is 0.376 e. The molecule has 89 heavy (non-hydrogen) atoms. The van der Waals surface area contributed by atoms with Crippen molar-refractivity contribution in [2.45, 2.75) is 393 Å². The van der Waals surface area contributed by atoms with E-state index in [1.54, 1.807) is 83.5 Å². The molecule has 3 heterocycles. The molecule has 0 aromatic heterocycles. The van der Waals surface area contributed by atoms with E-state index in [4.69, 9.17) is 4.74 Å². The Morgan fingerprint density at radius 1 is 0.326 bits per heavy atom. The minimum atomic E-state index is 0.355. The molecule has 18 unspecified atom stereocenters. The Hall–Kier alpha value is -0.0551. The molecular weight excluding hydrogens is 1080 g/mol. The van der Waals surface area contributed by atoms with Crippen LogP contribution in [-0.4, -0.2) is 65.0 Å². The highest BCUT2D eigenvalue weighted by molar-refractivity contribution is 6.65. The lowest BCUT2D eigenvalue weighted by molar-refractivity contribution is -0.174. The van der Waals surface area contributed by atoms with Crippen LogP contribution in [0.3, 0.4) is 0 Å². The zero-order valence-corrected chi connectivity index (χ0v) is 60.6. The molecule has 3 aliphatic heterocycles. The van der Waals surface area contributed by atoms with Gasteiger partial charge in [0, 0.05) is 36.3 Å². The van der Waals surface area contributed by atoms with Crippen LogP contribution in [0, 0.1) is 140 Å². The van der Waals surface area contributed by atoms with Crippen molar-refractivity contribution in [1.29, 1.82) is 0 Å². The summed E-state index contributed by atoms with van der Waals surface area (Å²) in [6.07, 6.45) is 59.3.